The number of nitrogens with one attached hydrogen (secondary N) is 2. The van der Waals surface area contributed by atoms with Gasteiger partial charge in [-0.25, -0.2) is 5.43 Å². The van der Waals surface area contributed by atoms with Crippen molar-refractivity contribution < 1.29 is 18.0 Å². The van der Waals surface area contributed by atoms with Gasteiger partial charge in [0.15, 0.2) is 0 Å². The molecule has 0 saturated carbocycles. The van der Waals surface area contributed by atoms with E-state index in [9.17, 15) is 18.0 Å². The molecule has 0 aliphatic heterocycles. The number of benzene rings is 2. The Morgan fingerprint density at radius 3 is 2.56 bits per heavy atom. The lowest BCUT2D eigenvalue weighted by Crippen LogP contribution is -2.26. The summed E-state index contributed by atoms with van der Waals surface area (Å²) in [7, 11) is 0. The van der Waals surface area contributed by atoms with Crippen LogP contribution in [-0.2, 0) is 11.0 Å². The van der Waals surface area contributed by atoms with Crippen molar-refractivity contribution in [2.24, 2.45) is 5.10 Å². The normalized spacial score (nSPS) is 11.6. The lowest BCUT2D eigenvalue weighted by molar-refractivity contribution is -0.137. The summed E-state index contributed by atoms with van der Waals surface area (Å²) in [5.74, 6) is -0.520. The Morgan fingerprint density at radius 2 is 1.88 bits per heavy atom. The van der Waals surface area contributed by atoms with Crippen LogP contribution in [0, 0.1) is 0 Å². The van der Waals surface area contributed by atoms with Crippen molar-refractivity contribution in [3.05, 3.63) is 63.6 Å². The fourth-order valence-corrected chi connectivity index (χ4v) is 2.11. The van der Waals surface area contributed by atoms with E-state index in [0.29, 0.717) is 15.6 Å². The predicted molar refractivity (Wildman–Crippen MR) is 92.1 cm³/mol. The maximum Gasteiger partial charge on any atom is 0.416 e. The molecular weight excluding hydrogens is 378 g/mol. The molecule has 0 aliphatic carbocycles. The minimum absolute atomic E-state index is 0.179. The molecule has 25 heavy (non-hydrogen) atoms. The van der Waals surface area contributed by atoms with Crippen LogP contribution in [0.3, 0.4) is 0 Å². The molecule has 0 unspecified atom stereocenters. The van der Waals surface area contributed by atoms with Gasteiger partial charge in [-0.1, -0.05) is 35.3 Å². The van der Waals surface area contributed by atoms with E-state index >= 15 is 0 Å². The number of amides is 1. The maximum absolute atomic E-state index is 12.6. The van der Waals surface area contributed by atoms with Gasteiger partial charge in [0.1, 0.15) is 0 Å². The van der Waals surface area contributed by atoms with Gasteiger partial charge in [0.25, 0.3) is 5.91 Å². The van der Waals surface area contributed by atoms with Gasteiger partial charge in [0.2, 0.25) is 0 Å². The third kappa shape index (κ3) is 5.95. The molecule has 2 aromatic carbocycles. The Hall–Kier alpha value is -2.25. The fraction of sp³-hybridized carbons (Fsp3) is 0.125. The number of halogens is 5. The second-order valence-electron chi connectivity index (χ2n) is 4.90. The monoisotopic (exact) mass is 389 g/mol. The smallest absolute Gasteiger partial charge is 0.376 e. The molecule has 0 radical (unpaired) electrons. The quantitative estimate of drug-likeness (QED) is 0.580. The van der Waals surface area contributed by atoms with E-state index in [-0.39, 0.29) is 12.2 Å². The lowest BCUT2D eigenvalue weighted by Gasteiger charge is -2.10. The highest BCUT2D eigenvalue weighted by molar-refractivity contribution is 6.42. The van der Waals surface area contributed by atoms with Crippen molar-refractivity contribution in [1.82, 2.24) is 5.43 Å². The van der Waals surface area contributed by atoms with E-state index in [1.165, 1.54) is 18.3 Å². The SMILES string of the molecule is O=C(CNc1cccc(C(F)(F)F)c1)N/N=C\c1ccc(Cl)c(Cl)c1. The summed E-state index contributed by atoms with van der Waals surface area (Å²) in [5.41, 5.74) is 2.26. The topological polar surface area (TPSA) is 53.5 Å². The highest BCUT2D eigenvalue weighted by Crippen LogP contribution is 2.30. The summed E-state index contributed by atoms with van der Waals surface area (Å²) in [6.45, 7) is -0.236. The Balaban J connectivity index is 1.86. The zero-order chi connectivity index (χ0) is 18.4. The third-order valence-corrected chi connectivity index (χ3v) is 3.73. The van der Waals surface area contributed by atoms with Crippen LogP contribution in [0.1, 0.15) is 11.1 Å². The number of anilines is 1. The van der Waals surface area contributed by atoms with Crippen LogP contribution in [0.2, 0.25) is 10.0 Å². The van der Waals surface area contributed by atoms with Crippen molar-refractivity contribution >= 4 is 41.0 Å². The number of alkyl halides is 3. The molecule has 0 aliphatic rings. The number of carbonyl (C=O) groups excluding carboxylic acids is 1. The zero-order valence-electron chi connectivity index (χ0n) is 12.6. The van der Waals surface area contributed by atoms with E-state index < -0.39 is 17.6 Å². The van der Waals surface area contributed by atoms with Crippen LogP contribution in [-0.4, -0.2) is 18.7 Å². The number of hydrazone groups is 1. The first-order valence-corrected chi connectivity index (χ1v) is 7.69. The van der Waals surface area contributed by atoms with Gasteiger partial charge in [-0.05, 0) is 35.9 Å². The van der Waals surface area contributed by atoms with E-state index in [2.05, 4.69) is 15.8 Å². The molecule has 0 atom stereocenters. The maximum atomic E-state index is 12.6. The van der Waals surface area contributed by atoms with E-state index in [0.717, 1.165) is 12.1 Å². The zero-order valence-corrected chi connectivity index (χ0v) is 14.1. The molecule has 0 saturated heterocycles. The van der Waals surface area contributed by atoms with Gasteiger partial charge in [0, 0.05) is 5.69 Å². The van der Waals surface area contributed by atoms with Gasteiger partial charge in [-0.15, -0.1) is 0 Å². The molecule has 2 aromatic rings. The summed E-state index contributed by atoms with van der Waals surface area (Å²) < 4.78 is 37.8. The van der Waals surface area contributed by atoms with Crippen molar-refractivity contribution in [1.29, 1.82) is 0 Å². The Bertz CT molecular complexity index is 794. The van der Waals surface area contributed by atoms with Crippen LogP contribution >= 0.6 is 23.2 Å². The molecule has 4 nitrogen and oxygen atoms in total. The number of rotatable bonds is 5. The minimum Gasteiger partial charge on any atom is -0.376 e. The number of carbonyl (C=O) groups is 1. The third-order valence-electron chi connectivity index (χ3n) is 2.99. The van der Waals surface area contributed by atoms with Gasteiger partial charge in [-0.2, -0.15) is 18.3 Å². The first kappa shape index (κ1) is 19.1. The standard InChI is InChI=1S/C16H12Cl2F3N3O/c17-13-5-4-10(6-14(13)18)8-23-24-15(25)9-22-12-3-1-2-11(7-12)16(19,20)21/h1-8,22H,9H2,(H,24,25)/b23-8-. The summed E-state index contributed by atoms with van der Waals surface area (Å²) in [6, 6.07) is 9.37. The second kappa shape index (κ2) is 8.22. The molecule has 0 aromatic heterocycles. The van der Waals surface area contributed by atoms with Gasteiger partial charge < -0.3 is 5.32 Å². The largest absolute Gasteiger partial charge is 0.416 e. The molecule has 0 fully saturated rings. The Morgan fingerprint density at radius 1 is 1.12 bits per heavy atom. The summed E-state index contributed by atoms with van der Waals surface area (Å²) >= 11 is 11.6. The van der Waals surface area contributed by atoms with Gasteiger partial charge in [0.05, 0.1) is 28.4 Å². The highest BCUT2D eigenvalue weighted by Gasteiger charge is 2.30. The Labute approximate surface area is 151 Å². The molecule has 2 N–H and O–H groups in total. The first-order valence-electron chi connectivity index (χ1n) is 6.94. The van der Waals surface area contributed by atoms with Crippen LogP contribution in [0.4, 0.5) is 18.9 Å². The van der Waals surface area contributed by atoms with Gasteiger partial charge in [-0.3, -0.25) is 4.79 Å². The number of hydrogen-bond donors (Lipinski definition) is 2. The first-order chi connectivity index (χ1) is 11.8. The molecule has 2 rings (SSSR count). The minimum atomic E-state index is -4.44. The molecule has 0 heterocycles. The average molecular weight is 390 g/mol. The van der Waals surface area contributed by atoms with E-state index in [4.69, 9.17) is 23.2 Å². The van der Waals surface area contributed by atoms with Crippen LogP contribution < -0.4 is 10.7 Å². The van der Waals surface area contributed by atoms with Crippen molar-refractivity contribution in [3.63, 3.8) is 0 Å². The Kier molecular flexibility index (Phi) is 6.27. The number of nitrogens with zero attached hydrogens (tertiary/aromatic N) is 1. The van der Waals surface area contributed by atoms with Crippen LogP contribution in [0.25, 0.3) is 0 Å². The molecule has 9 heteroatoms. The molecule has 132 valence electrons. The summed E-state index contributed by atoms with van der Waals surface area (Å²) in [6.07, 6.45) is -3.07. The molecule has 0 bridgehead atoms. The summed E-state index contributed by atoms with van der Waals surface area (Å²) in [5, 5.41) is 7.08. The molecule has 0 spiro atoms. The summed E-state index contributed by atoms with van der Waals surface area (Å²) in [4.78, 5) is 11.7. The van der Waals surface area contributed by atoms with Crippen LogP contribution in [0.5, 0.6) is 0 Å². The van der Waals surface area contributed by atoms with E-state index in [1.807, 2.05) is 0 Å². The van der Waals surface area contributed by atoms with Crippen molar-refractivity contribution in [2.45, 2.75) is 6.18 Å². The van der Waals surface area contributed by atoms with Crippen molar-refractivity contribution in [2.75, 3.05) is 11.9 Å². The second-order valence-corrected chi connectivity index (χ2v) is 5.71. The number of hydrogen-bond acceptors (Lipinski definition) is 3. The average Bonchev–Trinajstić information content (AvgIpc) is 2.56. The lowest BCUT2D eigenvalue weighted by atomic mass is 10.2. The van der Waals surface area contributed by atoms with Gasteiger partial charge >= 0.3 is 6.18 Å². The fourth-order valence-electron chi connectivity index (χ4n) is 1.80. The van der Waals surface area contributed by atoms with Crippen LogP contribution in [0.15, 0.2) is 47.6 Å². The molecule has 1 amide bonds. The predicted octanol–water partition coefficient (Wildman–Crippen LogP) is 4.57. The highest BCUT2D eigenvalue weighted by atomic mass is 35.5. The molecular formula is C16H12Cl2F3N3O. The van der Waals surface area contributed by atoms with Crippen molar-refractivity contribution in [3.8, 4) is 0 Å². The van der Waals surface area contributed by atoms with E-state index in [1.54, 1.807) is 18.2 Å².